The van der Waals surface area contributed by atoms with E-state index < -0.39 is 0 Å². The summed E-state index contributed by atoms with van der Waals surface area (Å²) < 4.78 is 10.7. The van der Waals surface area contributed by atoms with Crippen LogP contribution >= 0.6 is 12.4 Å². The van der Waals surface area contributed by atoms with Gasteiger partial charge in [-0.3, -0.25) is 14.5 Å². The minimum atomic E-state index is -0.0595. The van der Waals surface area contributed by atoms with Crippen molar-refractivity contribution in [1.29, 1.82) is 0 Å². The topological polar surface area (TPSA) is 111 Å². The van der Waals surface area contributed by atoms with Gasteiger partial charge in [-0.25, -0.2) is 4.98 Å². The third-order valence-corrected chi connectivity index (χ3v) is 5.42. The zero-order chi connectivity index (χ0) is 19.8. The molecule has 0 bridgehead atoms. The Labute approximate surface area is 174 Å². The van der Waals surface area contributed by atoms with Crippen molar-refractivity contribution in [3.63, 3.8) is 0 Å². The van der Waals surface area contributed by atoms with Crippen molar-refractivity contribution in [2.75, 3.05) is 37.9 Å². The van der Waals surface area contributed by atoms with E-state index in [9.17, 15) is 9.59 Å². The smallest absolute Gasteiger partial charge is 0.229 e. The number of anilines is 2. The third-order valence-electron chi connectivity index (χ3n) is 5.42. The number of imide groups is 1. The van der Waals surface area contributed by atoms with Crippen LogP contribution in [0.5, 0.6) is 11.5 Å². The molecule has 0 unspecified atom stereocenters. The molecule has 3 heterocycles. The lowest BCUT2D eigenvalue weighted by Gasteiger charge is -2.35. The fourth-order valence-corrected chi connectivity index (χ4v) is 3.93. The van der Waals surface area contributed by atoms with Gasteiger partial charge in [-0.15, -0.1) is 12.4 Å². The number of carbonyl (C=O) groups is 2. The fourth-order valence-electron chi connectivity index (χ4n) is 3.93. The van der Waals surface area contributed by atoms with E-state index in [2.05, 4.69) is 9.97 Å². The summed E-state index contributed by atoms with van der Waals surface area (Å²) in [5.41, 5.74) is 6.84. The lowest BCUT2D eigenvalue weighted by Crippen LogP contribution is -2.47. The van der Waals surface area contributed by atoms with Gasteiger partial charge in [0.2, 0.25) is 17.8 Å². The Morgan fingerprint density at radius 3 is 2.17 bits per heavy atom. The van der Waals surface area contributed by atoms with Crippen LogP contribution in [-0.2, 0) is 9.59 Å². The molecule has 4 rings (SSSR count). The number of piperidine rings is 1. The van der Waals surface area contributed by atoms with E-state index >= 15 is 0 Å². The molecule has 10 heteroatoms. The van der Waals surface area contributed by atoms with E-state index in [4.69, 9.17) is 15.2 Å². The summed E-state index contributed by atoms with van der Waals surface area (Å²) in [6, 6.07) is 3.51. The van der Waals surface area contributed by atoms with Crippen molar-refractivity contribution in [1.82, 2.24) is 14.9 Å². The number of benzene rings is 1. The Morgan fingerprint density at radius 1 is 1.00 bits per heavy atom. The zero-order valence-electron chi connectivity index (χ0n) is 16.4. The summed E-state index contributed by atoms with van der Waals surface area (Å²) in [5.74, 6) is 1.93. The Bertz CT molecular complexity index is 930. The number of halogens is 1. The number of nitrogen functional groups attached to an aromatic ring is 1. The van der Waals surface area contributed by atoms with Gasteiger partial charge in [-0.2, -0.15) is 4.98 Å². The number of ether oxygens (including phenoxy) is 2. The lowest BCUT2D eigenvalue weighted by atomic mass is 10.0. The van der Waals surface area contributed by atoms with Gasteiger partial charge in [-0.1, -0.05) is 0 Å². The second-order valence-electron chi connectivity index (χ2n) is 7.01. The van der Waals surface area contributed by atoms with Gasteiger partial charge in [0.1, 0.15) is 5.82 Å². The standard InChI is InChI=1S/C19H23N5O4.ClH/c1-27-14-9-12-13(10-15(14)28-2)21-19(22-18(12)20)23-7-5-11(6-8-23)24-16(25)3-4-17(24)26;/h9-11H,3-8H2,1-2H3,(H2,20,21,22);1H. The molecule has 2 saturated heterocycles. The van der Waals surface area contributed by atoms with E-state index in [1.54, 1.807) is 26.4 Å². The monoisotopic (exact) mass is 421 g/mol. The average molecular weight is 422 g/mol. The molecule has 0 radical (unpaired) electrons. The van der Waals surface area contributed by atoms with Gasteiger partial charge in [0, 0.05) is 43.4 Å². The van der Waals surface area contributed by atoms with Crippen molar-refractivity contribution >= 4 is 46.9 Å². The van der Waals surface area contributed by atoms with Crippen LogP contribution in [-0.4, -0.2) is 60.0 Å². The maximum absolute atomic E-state index is 12.0. The number of aromatic nitrogens is 2. The highest BCUT2D eigenvalue weighted by Gasteiger charge is 2.36. The van der Waals surface area contributed by atoms with Gasteiger partial charge in [-0.05, 0) is 18.9 Å². The number of hydrogen-bond donors (Lipinski definition) is 1. The average Bonchev–Trinajstić information content (AvgIpc) is 3.05. The molecule has 1 aromatic carbocycles. The van der Waals surface area contributed by atoms with Crippen LogP contribution in [0, 0.1) is 0 Å². The fraction of sp³-hybridized carbons (Fsp3) is 0.474. The van der Waals surface area contributed by atoms with Crippen LogP contribution in [0.4, 0.5) is 11.8 Å². The van der Waals surface area contributed by atoms with E-state index in [1.165, 1.54) is 4.90 Å². The van der Waals surface area contributed by atoms with Crippen molar-refractivity contribution in [3.8, 4) is 11.5 Å². The number of methoxy groups -OCH3 is 2. The number of amides is 2. The maximum Gasteiger partial charge on any atom is 0.229 e. The SMILES string of the molecule is COc1cc2nc(N3CCC(N4C(=O)CCC4=O)CC3)nc(N)c2cc1OC.Cl. The van der Waals surface area contributed by atoms with Crippen LogP contribution in [0.2, 0.25) is 0 Å². The molecular formula is C19H24ClN5O4. The normalized spacial score (nSPS) is 17.6. The van der Waals surface area contributed by atoms with Gasteiger partial charge in [0.05, 0.1) is 19.7 Å². The highest BCUT2D eigenvalue weighted by atomic mass is 35.5. The van der Waals surface area contributed by atoms with Crippen molar-refractivity contribution in [3.05, 3.63) is 12.1 Å². The van der Waals surface area contributed by atoms with Crippen molar-refractivity contribution in [2.24, 2.45) is 0 Å². The van der Waals surface area contributed by atoms with Gasteiger partial charge < -0.3 is 20.1 Å². The highest BCUT2D eigenvalue weighted by molar-refractivity contribution is 6.02. The Kier molecular flexibility index (Phi) is 5.97. The molecule has 2 fully saturated rings. The predicted octanol–water partition coefficient (Wildman–Crippen LogP) is 1.77. The van der Waals surface area contributed by atoms with Gasteiger partial charge in [0.25, 0.3) is 0 Å². The number of rotatable bonds is 4. The molecule has 0 atom stereocenters. The number of likely N-dealkylation sites (tertiary alicyclic amines) is 1. The largest absolute Gasteiger partial charge is 0.493 e. The van der Waals surface area contributed by atoms with Crippen molar-refractivity contribution < 1.29 is 19.1 Å². The summed E-state index contributed by atoms with van der Waals surface area (Å²) >= 11 is 0. The van der Waals surface area contributed by atoms with Crippen LogP contribution in [0.1, 0.15) is 25.7 Å². The zero-order valence-corrected chi connectivity index (χ0v) is 17.2. The number of fused-ring (bicyclic) bond motifs is 1. The molecule has 1 aromatic heterocycles. The molecule has 2 aromatic rings. The Morgan fingerprint density at radius 2 is 1.59 bits per heavy atom. The molecule has 2 N–H and O–H groups in total. The summed E-state index contributed by atoms with van der Waals surface area (Å²) in [5, 5.41) is 0.699. The highest BCUT2D eigenvalue weighted by Crippen LogP contribution is 2.34. The molecule has 2 amide bonds. The first-order chi connectivity index (χ1) is 13.5. The van der Waals surface area contributed by atoms with Crippen molar-refractivity contribution in [2.45, 2.75) is 31.7 Å². The first-order valence-electron chi connectivity index (χ1n) is 9.31. The third kappa shape index (κ3) is 3.74. The number of carbonyl (C=O) groups excluding carboxylic acids is 2. The number of hydrogen-bond acceptors (Lipinski definition) is 8. The van der Waals surface area contributed by atoms with Crippen LogP contribution in [0.25, 0.3) is 10.9 Å². The lowest BCUT2D eigenvalue weighted by molar-refractivity contribution is -0.141. The molecular weight excluding hydrogens is 398 g/mol. The van der Waals surface area contributed by atoms with E-state index in [1.807, 2.05) is 4.90 Å². The number of nitrogens with two attached hydrogens (primary N) is 1. The van der Waals surface area contributed by atoms with Gasteiger partial charge >= 0.3 is 0 Å². The van der Waals surface area contributed by atoms with E-state index in [-0.39, 0.29) is 30.3 Å². The van der Waals surface area contributed by atoms with Crippen LogP contribution in [0.3, 0.4) is 0 Å². The Hall–Kier alpha value is -2.81. The van der Waals surface area contributed by atoms with E-state index in [0.717, 1.165) is 0 Å². The molecule has 2 aliphatic heterocycles. The van der Waals surface area contributed by atoms with Crippen LogP contribution < -0.4 is 20.1 Å². The quantitative estimate of drug-likeness (QED) is 0.743. The summed E-state index contributed by atoms with van der Waals surface area (Å²) in [6.07, 6.45) is 2.05. The predicted molar refractivity (Wildman–Crippen MR) is 111 cm³/mol. The van der Waals surface area contributed by atoms with E-state index in [0.29, 0.717) is 72.9 Å². The molecule has 0 spiro atoms. The van der Waals surface area contributed by atoms with Gasteiger partial charge in [0.15, 0.2) is 11.5 Å². The molecule has 9 nitrogen and oxygen atoms in total. The maximum atomic E-state index is 12.0. The minimum absolute atomic E-state index is 0. The Balaban J connectivity index is 0.00000240. The first kappa shape index (κ1) is 20.9. The minimum Gasteiger partial charge on any atom is -0.493 e. The molecule has 0 aliphatic carbocycles. The molecule has 156 valence electrons. The summed E-state index contributed by atoms with van der Waals surface area (Å²) in [6.45, 7) is 1.31. The summed E-state index contributed by atoms with van der Waals surface area (Å²) in [7, 11) is 3.13. The molecule has 0 saturated carbocycles. The second-order valence-corrected chi connectivity index (χ2v) is 7.01. The van der Waals surface area contributed by atoms with Crippen LogP contribution in [0.15, 0.2) is 12.1 Å². The molecule has 2 aliphatic rings. The molecule has 29 heavy (non-hydrogen) atoms. The number of nitrogens with zero attached hydrogens (tertiary/aromatic N) is 4. The first-order valence-corrected chi connectivity index (χ1v) is 9.31. The second kappa shape index (κ2) is 8.28. The summed E-state index contributed by atoms with van der Waals surface area (Å²) in [4.78, 5) is 36.5.